The van der Waals surface area contributed by atoms with Gasteiger partial charge in [0.25, 0.3) is 5.91 Å². The molecule has 3 rings (SSSR count). The summed E-state index contributed by atoms with van der Waals surface area (Å²) in [7, 11) is 0. The average molecular weight is 440 g/mol. The molecule has 7 nitrogen and oxygen atoms in total. The normalized spacial score (nSPS) is 13.5. The van der Waals surface area contributed by atoms with E-state index in [0.29, 0.717) is 26.2 Å². The van der Waals surface area contributed by atoms with Gasteiger partial charge in [-0.15, -0.1) is 6.58 Å². The summed E-state index contributed by atoms with van der Waals surface area (Å²) in [6, 6.07) is 5.31. The number of fused-ring (bicyclic) bond motifs is 1. The topological polar surface area (TPSA) is 86.6 Å². The highest BCUT2D eigenvalue weighted by molar-refractivity contribution is 5.94. The Balaban J connectivity index is 0.000000423. The molecule has 1 aliphatic rings. The lowest BCUT2D eigenvalue weighted by atomic mass is 10.2. The van der Waals surface area contributed by atoms with Gasteiger partial charge in [0, 0.05) is 43.6 Å². The number of nitrogens with zero attached hydrogens (tertiary/aromatic N) is 4. The first-order valence-electron chi connectivity index (χ1n) is 9.05. The minimum atomic E-state index is -5.08. The van der Waals surface area contributed by atoms with Gasteiger partial charge < -0.3 is 14.9 Å². The SMILES string of the molecule is C=CCN1CCN(C(=O)c2ccncc2F)Cc2ccc(C)nc21.O=C(O)C(F)(F)F. The van der Waals surface area contributed by atoms with E-state index in [0.717, 1.165) is 23.3 Å². The van der Waals surface area contributed by atoms with Crippen molar-refractivity contribution >= 4 is 17.7 Å². The van der Waals surface area contributed by atoms with Gasteiger partial charge in [-0.1, -0.05) is 12.1 Å². The monoisotopic (exact) mass is 440 g/mol. The van der Waals surface area contributed by atoms with Crippen molar-refractivity contribution in [2.45, 2.75) is 19.6 Å². The third kappa shape index (κ3) is 6.24. The van der Waals surface area contributed by atoms with Crippen LogP contribution in [-0.4, -0.2) is 57.7 Å². The second-order valence-corrected chi connectivity index (χ2v) is 6.56. The maximum atomic E-state index is 13.9. The zero-order valence-corrected chi connectivity index (χ0v) is 16.6. The van der Waals surface area contributed by atoms with Crippen LogP contribution in [0, 0.1) is 12.7 Å². The largest absolute Gasteiger partial charge is 0.490 e. The van der Waals surface area contributed by atoms with Crippen molar-refractivity contribution in [1.82, 2.24) is 14.9 Å². The Morgan fingerprint density at radius 3 is 2.52 bits per heavy atom. The summed E-state index contributed by atoms with van der Waals surface area (Å²) < 4.78 is 45.6. The third-order valence-corrected chi connectivity index (χ3v) is 4.28. The molecule has 2 aromatic heterocycles. The van der Waals surface area contributed by atoms with Gasteiger partial charge in [-0.05, 0) is 19.1 Å². The Morgan fingerprint density at radius 2 is 1.94 bits per heavy atom. The maximum absolute atomic E-state index is 13.9. The maximum Gasteiger partial charge on any atom is 0.490 e. The molecule has 0 atom stereocenters. The van der Waals surface area contributed by atoms with Crippen LogP contribution in [0.2, 0.25) is 0 Å². The van der Waals surface area contributed by atoms with Gasteiger partial charge >= 0.3 is 12.1 Å². The van der Waals surface area contributed by atoms with E-state index in [-0.39, 0.29) is 11.5 Å². The lowest BCUT2D eigenvalue weighted by Crippen LogP contribution is -2.36. The van der Waals surface area contributed by atoms with E-state index in [1.54, 1.807) is 4.90 Å². The molecule has 1 N–H and O–H groups in total. The Hall–Kier alpha value is -3.50. The van der Waals surface area contributed by atoms with Crippen LogP contribution in [0.4, 0.5) is 23.4 Å². The molecular weight excluding hydrogens is 420 g/mol. The van der Waals surface area contributed by atoms with Crippen LogP contribution in [-0.2, 0) is 11.3 Å². The zero-order valence-electron chi connectivity index (χ0n) is 16.6. The molecule has 1 aliphatic heterocycles. The van der Waals surface area contributed by atoms with Crippen molar-refractivity contribution < 1.29 is 32.3 Å². The molecule has 31 heavy (non-hydrogen) atoms. The minimum absolute atomic E-state index is 0.0452. The molecule has 0 saturated carbocycles. The fourth-order valence-electron chi connectivity index (χ4n) is 2.83. The van der Waals surface area contributed by atoms with Crippen LogP contribution in [0.25, 0.3) is 0 Å². The Kier molecular flexibility index (Phi) is 7.67. The Labute approximate surface area is 175 Å². The van der Waals surface area contributed by atoms with E-state index in [1.165, 1.54) is 12.3 Å². The molecular formula is C20H20F4N4O3. The smallest absolute Gasteiger partial charge is 0.475 e. The van der Waals surface area contributed by atoms with Crippen molar-refractivity contribution in [2.24, 2.45) is 0 Å². The van der Waals surface area contributed by atoms with Crippen LogP contribution in [0.5, 0.6) is 0 Å². The van der Waals surface area contributed by atoms with Crippen LogP contribution in [0.3, 0.4) is 0 Å². The van der Waals surface area contributed by atoms with Gasteiger partial charge in [-0.2, -0.15) is 13.2 Å². The van der Waals surface area contributed by atoms with Crippen LogP contribution in [0.15, 0.2) is 43.2 Å². The van der Waals surface area contributed by atoms with E-state index in [9.17, 15) is 22.4 Å². The number of aromatic nitrogens is 2. The predicted octanol–water partition coefficient (Wildman–Crippen LogP) is 3.21. The number of amides is 1. The number of carboxylic acids is 1. The van der Waals surface area contributed by atoms with Crippen molar-refractivity contribution in [2.75, 3.05) is 24.5 Å². The number of aryl methyl sites for hydroxylation is 1. The standard InChI is InChI=1S/C18H19FN4O.C2HF3O2/c1-3-8-22-9-10-23(12-14-5-4-13(2)21-17(14)22)18(24)15-6-7-20-11-16(15)19;3-2(4,5)1(6)7/h3-7,11H,1,8-10,12H2,2H3;(H,6,7). The second-order valence-electron chi connectivity index (χ2n) is 6.56. The molecule has 0 aromatic carbocycles. The van der Waals surface area contributed by atoms with Crippen molar-refractivity contribution in [1.29, 1.82) is 0 Å². The summed E-state index contributed by atoms with van der Waals surface area (Å²) in [5.41, 5.74) is 1.91. The summed E-state index contributed by atoms with van der Waals surface area (Å²) in [6.07, 6.45) is -0.779. The number of carbonyl (C=O) groups excluding carboxylic acids is 1. The number of alkyl halides is 3. The number of rotatable bonds is 3. The predicted molar refractivity (Wildman–Crippen MR) is 104 cm³/mol. The number of carbonyl (C=O) groups is 2. The summed E-state index contributed by atoms with van der Waals surface area (Å²) in [5.74, 6) is -2.83. The van der Waals surface area contributed by atoms with Crippen LogP contribution < -0.4 is 4.90 Å². The second kappa shape index (κ2) is 10.0. The van der Waals surface area contributed by atoms with Crippen molar-refractivity contribution in [3.63, 3.8) is 0 Å². The van der Waals surface area contributed by atoms with Gasteiger partial charge in [0.05, 0.1) is 11.8 Å². The van der Waals surface area contributed by atoms with Crippen LogP contribution >= 0.6 is 0 Å². The Bertz CT molecular complexity index is 966. The lowest BCUT2D eigenvalue weighted by Gasteiger charge is -2.22. The highest BCUT2D eigenvalue weighted by atomic mass is 19.4. The molecule has 0 fully saturated rings. The number of halogens is 4. The van der Waals surface area contributed by atoms with Crippen LogP contribution in [0.1, 0.15) is 21.6 Å². The van der Waals surface area contributed by atoms with E-state index in [1.807, 2.05) is 25.1 Å². The van der Waals surface area contributed by atoms with Crippen molar-refractivity contribution in [3.05, 3.63) is 65.9 Å². The molecule has 1 amide bonds. The highest BCUT2D eigenvalue weighted by Crippen LogP contribution is 2.24. The molecule has 0 aliphatic carbocycles. The molecule has 0 unspecified atom stereocenters. The van der Waals surface area contributed by atoms with Gasteiger partial charge in [-0.3, -0.25) is 9.78 Å². The number of hydrogen-bond donors (Lipinski definition) is 1. The highest BCUT2D eigenvalue weighted by Gasteiger charge is 2.38. The van der Waals surface area contributed by atoms with E-state index >= 15 is 0 Å². The van der Waals surface area contributed by atoms with Gasteiger partial charge in [-0.25, -0.2) is 14.2 Å². The van der Waals surface area contributed by atoms with Gasteiger partial charge in [0.1, 0.15) is 5.82 Å². The number of pyridine rings is 2. The van der Waals surface area contributed by atoms with Gasteiger partial charge in [0.2, 0.25) is 0 Å². The number of aliphatic carboxylic acids is 1. The molecule has 0 bridgehead atoms. The number of anilines is 1. The number of hydrogen-bond acceptors (Lipinski definition) is 5. The molecule has 3 heterocycles. The van der Waals surface area contributed by atoms with Gasteiger partial charge in [0.15, 0.2) is 5.82 Å². The molecule has 2 aromatic rings. The Morgan fingerprint density at radius 1 is 1.26 bits per heavy atom. The molecule has 0 spiro atoms. The van der Waals surface area contributed by atoms with E-state index < -0.39 is 18.0 Å². The summed E-state index contributed by atoms with van der Waals surface area (Å²) >= 11 is 0. The molecule has 0 saturated heterocycles. The quantitative estimate of drug-likeness (QED) is 0.583. The molecule has 166 valence electrons. The summed E-state index contributed by atoms with van der Waals surface area (Å²) in [6.45, 7) is 7.88. The van der Waals surface area contributed by atoms with E-state index in [4.69, 9.17) is 9.90 Å². The van der Waals surface area contributed by atoms with E-state index in [2.05, 4.69) is 21.4 Å². The summed E-state index contributed by atoms with van der Waals surface area (Å²) in [4.78, 5) is 33.7. The average Bonchev–Trinajstić information content (AvgIpc) is 2.87. The fraction of sp³-hybridized carbons (Fsp3) is 0.300. The molecule has 11 heteroatoms. The van der Waals surface area contributed by atoms with Crippen molar-refractivity contribution in [3.8, 4) is 0 Å². The summed E-state index contributed by atoms with van der Waals surface area (Å²) in [5, 5.41) is 7.12. The molecule has 0 radical (unpaired) electrons. The lowest BCUT2D eigenvalue weighted by molar-refractivity contribution is -0.192. The zero-order chi connectivity index (χ0) is 23.2. The third-order valence-electron chi connectivity index (χ3n) is 4.28. The first kappa shape index (κ1) is 23.8. The fourth-order valence-corrected chi connectivity index (χ4v) is 2.83. The minimum Gasteiger partial charge on any atom is -0.475 e. The first-order chi connectivity index (χ1) is 14.5. The number of carboxylic acid groups (broad SMARTS) is 1. The first-order valence-corrected chi connectivity index (χ1v) is 9.05.